The van der Waals surface area contributed by atoms with E-state index >= 15 is 0 Å². The summed E-state index contributed by atoms with van der Waals surface area (Å²) >= 11 is 0. The zero-order valence-electron chi connectivity index (χ0n) is 27.7. The van der Waals surface area contributed by atoms with Crippen LogP contribution in [0.1, 0.15) is 0 Å². The summed E-state index contributed by atoms with van der Waals surface area (Å²) in [5.74, 6) is 0. The van der Waals surface area contributed by atoms with Gasteiger partial charge in [0.1, 0.15) is 11.2 Å². The lowest BCUT2D eigenvalue weighted by atomic mass is 9.82. The Balaban J connectivity index is 1.25. The molecule has 1 aromatic heterocycles. The Bertz CT molecular complexity index is 3140. The van der Waals surface area contributed by atoms with Gasteiger partial charge in [0.2, 0.25) is 0 Å². The molecule has 11 aromatic rings. The Kier molecular flexibility index (Phi) is 6.02. The normalized spacial score (nSPS) is 11.9. The first-order valence-corrected chi connectivity index (χ1v) is 17.6. The molecule has 1 heterocycles. The van der Waals surface area contributed by atoms with Gasteiger partial charge in [0.15, 0.2) is 0 Å². The number of hydrogen-bond donors (Lipinski definition) is 0. The second kappa shape index (κ2) is 10.9. The molecule has 0 saturated heterocycles. The van der Waals surface area contributed by atoms with Crippen LogP contribution in [0.2, 0.25) is 0 Å². The van der Waals surface area contributed by atoms with Crippen molar-refractivity contribution in [3.63, 3.8) is 0 Å². The average Bonchev–Trinajstić information content (AvgIpc) is 3.59. The Labute approximate surface area is 294 Å². The van der Waals surface area contributed by atoms with Gasteiger partial charge in [-0.3, -0.25) is 0 Å². The number of rotatable bonds is 3. The molecule has 236 valence electrons. The van der Waals surface area contributed by atoms with Gasteiger partial charge < -0.3 is 4.42 Å². The first-order chi connectivity index (χ1) is 25.3. The summed E-state index contributed by atoms with van der Waals surface area (Å²) < 4.78 is 6.54. The highest BCUT2D eigenvalue weighted by atomic mass is 16.3. The van der Waals surface area contributed by atoms with Gasteiger partial charge in [0, 0.05) is 10.8 Å². The molecule has 0 amide bonds. The Morgan fingerprint density at radius 1 is 0.235 bits per heavy atom. The third-order valence-electron chi connectivity index (χ3n) is 10.9. The molecule has 0 N–H and O–H groups in total. The minimum Gasteiger partial charge on any atom is -0.456 e. The van der Waals surface area contributed by atoms with E-state index in [-0.39, 0.29) is 0 Å². The van der Waals surface area contributed by atoms with Crippen LogP contribution in [0.5, 0.6) is 0 Å². The Morgan fingerprint density at radius 3 is 1.43 bits per heavy atom. The van der Waals surface area contributed by atoms with E-state index in [2.05, 4.69) is 182 Å². The molecule has 0 saturated carbocycles. The molecule has 0 bridgehead atoms. The van der Waals surface area contributed by atoms with Gasteiger partial charge in [-0.2, -0.15) is 0 Å². The van der Waals surface area contributed by atoms with Crippen LogP contribution in [-0.4, -0.2) is 0 Å². The number of hydrogen-bond acceptors (Lipinski definition) is 1. The van der Waals surface area contributed by atoms with Crippen molar-refractivity contribution in [1.82, 2.24) is 0 Å². The number of benzene rings is 10. The predicted octanol–water partition coefficient (Wildman–Crippen LogP) is 14.4. The molecule has 0 aliphatic heterocycles. The highest BCUT2D eigenvalue weighted by Crippen LogP contribution is 2.49. The molecule has 0 aliphatic carbocycles. The second-order valence-corrected chi connectivity index (χ2v) is 13.5. The molecule has 11 rings (SSSR count). The zero-order chi connectivity index (χ0) is 33.5. The lowest BCUT2D eigenvalue weighted by Crippen LogP contribution is -1.93. The van der Waals surface area contributed by atoms with E-state index < -0.39 is 0 Å². The van der Waals surface area contributed by atoms with Gasteiger partial charge in [-0.05, 0) is 99.4 Å². The van der Waals surface area contributed by atoms with Crippen molar-refractivity contribution >= 4 is 75.8 Å². The quantitative estimate of drug-likeness (QED) is 0.138. The molecule has 10 aromatic carbocycles. The molecule has 0 spiro atoms. The summed E-state index contributed by atoms with van der Waals surface area (Å²) in [7, 11) is 0. The lowest BCUT2D eigenvalue weighted by Gasteiger charge is -2.21. The second-order valence-electron chi connectivity index (χ2n) is 13.5. The highest BCUT2D eigenvalue weighted by Gasteiger charge is 2.22. The third kappa shape index (κ3) is 4.09. The van der Waals surface area contributed by atoms with Gasteiger partial charge in [-0.25, -0.2) is 0 Å². The first-order valence-electron chi connectivity index (χ1n) is 17.6. The summed E-state index contributed by atoms with van der Waals surface area (Å²) in [5.41, 5.74) is 9.18. The van der Waals surface area contributed by atoms with Gasteiger partial charge in [0.05, 0.1) is 0 Å². The van der Waals surface area contributed by atoms with Gasteiger partial charge in [-0.15, -0.1) is 0 Å². The van der Waals surface area contributed by atoms with Gasteiger partial charge in [-0.1, -0.05) is 170 Å². The third-order valence-corrected chi connectivity index (χ3v) is 10.9. The van der Waals surface area contributed by atoms with Crippen molar-refractivity contribution in [2.45, 2.75) is 0 Å². The van der Waals surface area contributed by atoms with E-state index in [0.717, 1.165) is 16.6 Å². The van der Waals surface area contributed by atoms with Crippen LogP contribution in [0.15, 0.2) is 186 Å². The molecular formula is C50H30O. The Morgan fingerprint density at radius 2 is 0.706 bits per heavy atom. The smallest absolute Gasteiger partial charge is 0.136 e. The summed E-state index contributed by atoms with van der Waals surface area (Å²) in [5, 5.41) is 14.8. The molecule has 0 atom stereocenters. The van der Waals surface area contributed by atoms with E-state index in [1.807, 2.05) is 0 Å². The maximum atomic E-state index is 6.54. The van der Waals surface area contributed by atoms with Crippen LogP contribution in [0.3, 0.4) is 0 Å². The topological polar surface area (TPSA) is 13.1 Å². The molecule has 0 unspecified atom stereocenters. The maximum absolute atomic E-state index is 6.54. The van der Waals surface area contributed by atoms with Crippen molar-refractivity contribution < 1.29 is 4.42 Å². The van der Waals surface area contributed by atoms with Crippen LogP contribution in [0.25, 0.3) is 109 Å². The zero-order valence-corrected chi connectivity index (χ0v) is 27.7. The largest absolute Gasteiger partial charge is 0.456 e. The highest BCUT2D eigenvalue weighted by molar-refractivity contribution is 6.27. The van der Waals surface area contributed by atoms with Crippen LogP contribution in [0.4, 0.5) is 0 Å². The van der Waals surface area contributed by atoms with Crippen molar-refractivity contribution in [1.29, 1.82) is 0 Å². The summed E-state index contributed by atoms with van der Waals surface area (Å²) in [6.45, 7) is 0. The van der Waals surface area contributed by atoms with Gasteiger partial charge in [0.25, 0.3) is 0 Å². The van der Waals surface area contributed by atoms with E-state index in [4.69, 9.17) is 4.42 Å². The standard InChI is InChI=1S/C50H30O/c1-3-15-33-31(13-1)27-29-37-35(33)23-11-24-39(37)48-43-21-9-7-19-41(43)47(42-20-8-10-22-44(42)48)38-18-6-5-17-36(38)40-25-12-26-45-50(40)49-34-16-4-2-14-32(34)28-30-46(49)51-45/h1-30H. The summed E-state index contributed by atoms with van der Waals surface area (Å²) in [6.07, 6.45) is 0. The van der Waals surface area contributed by atoms with Crippen LogP contribution in [0, 0.1) is 0 Å². The van der Waals surface area contributed by atoms with Crippen molar-refractivity contribution in [2.75, 3.05) is 0 Å². The van der Waals surface area contributed by atoms with Gasteiger partial charge >= 0.3 is 0 Å². The first kappa shape index (κ1) is 28.2. The molecule has 1 heteroatoms. The number of fused-ring (bicyclic) bond motifs is 10. The van der Waals surface area contributed by atoms with Crippen molar-refractivity contribution in [3.8, 4) is 33.4 Å². The predicted molar refractivity (Wildman–Crippen MR) is 218 cm³/mol. The fourth-order valence-electron chi connectivity index (χ4n) is 8.71. The fourth-order valence-corrected chi connectivity index (χ4v) is 8.71. The molecule has 0 aliphatic rings. The SMILES string of the molecule is c1ccc(-c2cccc3oc4ccc5ccccc5c4c23)c(-c2c3ccccc3c(-c3cccc4c3ccc3ccccc34)c3ccccc23)c1. The molecule has 0 fully saturated rings. The minimum absolute atomic E-state index is 0.905. The summed E-state index contributed by atoms with van der Waals surface area (Å²) in [6, 6.07) is 66.3. The summed E-state index contributed by atoms with van der Waals surface area (Å²) in [4.78, 5) is 0. The van der Waals surface area contributed by atoms with E-state index in [0.29, 0.717) is 0 Å². The van der Waals surface area contributed by atoms with Crippen molar-refractivity contribution in [2.24, 2.45) is 0 Å². The number of furan rings is 1. The molecule has 0 radical (unpaired) electrons. The lowest BCUT2D eigenvalue weighted by molar-refractivity contribution is 0.669. The molecule has 1 nitrogen and oxygen atoms in total. The molecule has 51 heavy (non-hydrogen) atoms. The molecular weight excluding hydrogens is 617 g/mol. The maximum Gasteiger partial charge on any atom is 0.136 e. The monoisotopic (exact) mass is 646 g/mol. The van der Waals surface area contributed by atoms with Crippen LogP contribution < -0.4 is 0 Å². The Hall–Kier alpha value is -6.70. The van der Waals surface area contributed by atoms with E-state index in [1.54, 1.807) is 0 Å². The van der Waals surface area contributed by atoms with E-state index in [9.17, 15) is 0 Å². The fraction of sp³-hybridized carbons (Fsp3) is 0. The van der Waals surface area contributed by atoms with Crippen LogP contribution in [-0.2, 0) is 0 Å². The van der Waals surface area contributed by atoms with E-state index in [1.165, 1.54) is 92.6 Å². The average molecular weight is 647 g/mol. The van der Waals surface area contributed by atoms with Crippen molar-refractivity contribution in [3.05, 3.63) is 182 Å². The van der Waals surface area contributed by atoms with Crippen LogP contribution >= 0.6 is 0 Å². The minimum atomic E-state index is 0.905.